The number of hydrogen-bond acceptors (Lipinski definition) is 3. The van der Waals surface area contributed by atoms with Crippen LogP contribution in [0.15, 0.2) is 66.2 Å². The van der Waals surface area contributed by atoms with Gasteiger partial charge in [-0.1, -0.05) is 53.5 Å². The topological polar surface area (TPSA) is 58.2 Å². The molecule has 0 saturated carbocycles. The Hall–Kier alpha value is -3.08. The third-order valence-corrected chi connectivity index (χ3v) is 5.81. The predicted molar refractivity (Wildman–Crippen MR) is 127 cm³/mol. The van der Waals surface area contributed by atoms with Gasteiger partial charge in [-0.2, -0.15) is 0 Å². The minimum atomic E-state index is -0.114. The third kappa shape index (κ3) is 4.22. The number of halogens is 2. The maximum atomic E-state index is 13.3. The molecule has 1 aliphatic rings. The zero-order valence-corrected chi connectivity index (χ0v) is 18.6. The number of ketones is 1. The number of amides is 1. The molecule has 0 fully saturated rings. The van der Waals surface area contributed by atoms with Gasteiger partial charge in [0.15, 0.2) is 5.78 Å². The number of anilines is 1. The highest BCUT2D eigenvalue weighted by Crippen LogP contribution is 2.37. The number of rotatable bonds is 5. The van der Waals surface area contributed by atoms with Crippen LogP contribution in [-0.2, 0) is 11.2 Å². The molecule has 4 nitrogen and oxygen atoms in total. The summed E-state index contributed by atoms with van der Waals surface area (Å²) >= 11 is 12.3. The molecule has 4 rings (SSSR count). The molecule has 1 aliphatic carbocycles. The Morgan fingerprint density at radius 2 is 1.71 bits per heavy atom. The van der Waals surface area contributed by atoms with E-state index in [-0.39, 0.29) is 11.7 Å². The average Bonchev–Trinajstić information content (AvgIpc) is 3.11. The van der Waals surface area contributed by atoms with Crippen molar-refractivity contribution in [3.63, 3.8) is 0 Å². The van der Waals surface area contributed by atoms with E-state index in [2.05, 4.69) is 16.7 Å². The fourth-order valence-corrected chi connectivity index (χ4v) is 4.39. The van der Waals surface area contributed by atoms with Crippen molar-refractivity contribution in [1.82, 2.24) is 5.32 Å². The van der Waals surface area contributed by atoms with Gasteiger partial charge in [0.25, 0.3) is 0 Å². The Bertz CT molecular complexity index is 1250. The molecule has 6 heteroatoms. The summed E-state index contributed by atoms with van der Waals surface area (Å²) in [6.07, 6.45) is 0.503. The Balaban J connectivity index is 1.68. The lowest BCUT2D eigenvalue weighted by molar-refractivity contribution is -0.114. The molecule has 0 heterocycles. The van der Waals surface area contributed by atoms with Crippen molar-refractivity contribution < 1.29 is 9.59 Å². The van der Waals surface area contributed by atoms with Gasteiger partial charge in [0, 0.05) is 53.5 Å². The quantitative estimate of drug-likeness (QED) is 0.469. The zero-order chi connectivity index (χ0) is 22.1. The summed E-state index contributed by atoms with van der Waals surface area (Å²) in [5.41, 5.74) is 6.71. The van der Waals surface area contributed by atoms with Crippen LogP contribution in [0.25, 0.3) is 16.8 Å². The minimum Gasteiger partial charge on any atom is -0.387 e. The average molecular weight is 451 g/mol. The van der Waals surface area contributed by atoms with E-state index >= 15 is 0 Å². The second-order valence-electron chi connectivity index (χ2n) is 7.37. The van der Waals surface area contributed by atoms with Gasteiger partial charge in [-0.25, -0.2) is 0 Å². The molecule has 3 aromatic rings. The Morgan fingerprint density at radius 3 is 2.42 bits per heavy atom. The minimum absolute atomic E-state index is 0.113. The molecule has 0 aliphatic heterocycles. The van der Waals surface area contributed by atoms with Crippen molar-refractivity contribution in [2.45, 2.75) is 13.3 Å². The van der Waals surface area contributed by atoms with Crippen molar-refractivity contribution in [1.29, 1.82) is 0 Å². The van der Waals surface area contributed by atoms with Crippen LogP contribution >= 0.6 is 23.2 Å². The molecule has 2 N–H and O–H groups in total. The molecule has 0 unspecified atom stereocenters. The monoisotopic (exact) mass is 450 g/mol. The lowest BCUT2D eigenvalue weighted by Gasteiger charge is -2.10. The van der Waals surface area contributed by atoms with Gasteiger partial charge in [0.2, 0.25) is 5.91 Å². The van der Waals surface area contributed by atoms with Crippen LogP contribution in [0.4, 0.5) is 5.69 Å². The van der Waals surface area contributed by atoms with Crippen LogP contribution in [0.2, 0.25) is 10.0 Å². The van der Waals surface area contributed by atoms with E-state index in [0.717, 1.165) is 33.6 Å². The molecule has 0 saturated heterocycles. The van der Waals surface area contributed by atoms with Crippen LogP contribution in [0, 0.1) is 0 Å². The summed E-state index contributed by atoms with van der Waals surface area (Å²) < 4.78 is 0. The maximum Gasteiger partial charge on any atom is 0.221 e. The number of Topliss-reactive ketones (excluding diaryl/α,β-unsaturated/α-hetero) is 1. The molecule has 156 valence electrons. The number of fused-ring (bicyclic) bond motifs is 1. The van der Waals surface area contributed by atoms with Crippen LogP contribution in [0.3, 0.4) is 0 Å². The summed E-state index contributed by atoms with van der Waals surface area (Å²) in [4.78, 5) is 24.6. The van der Waals surface area contributed by atoms with Gasteiger partial charge in [-0.05, 0) is 47.0 Å². The SMILES string of the molecule is CNC1=C(C(=O)c2ccc(Cl)cc2Cl)Cc2cc(-c3cccc(NC(C)=O)c3)ccc21. The highest BCUT2D eigenvalue weighted by molar-refractivity contribution is 6.37. The van der Waals surface area contributed by atoms with Crippen molar-refractivity contribution in [3.05, 3.63) is 93.0 Å². The molecule has 0 bridgehead atoms. The van der Waals surface area contributed by atoms with Crippen molar-refractivity contribution in [2.75, 3.05) is 12.4 Å². The smallest absolute Gasteiger partial charge is 0.221 e. The number of nitrogens with one attached hydrogen (secondary N) is 2. The summed E-state index contributed by atoms with van der Waals surface area (Å²) in [6.45, 7) is 1.48. The van der Waals surface area contributed by atoms with Gasteiger partial charge in [0.1, 0.15) is 0 Å². The van der Waals surface area contributed by atoms with E-state index in [9.17, 15) is 9.59 Å². The Kier molecular flexibility index (Phi) is 5.86. The number of carbonyl (C=O) groups excluding carboxylic acids is 2. The predicted octanol–water partition coefficient (Wildman–Crippen LogP) is 5.99. The standard InChI is InChI=1S/C25H20Cl2N2O2/c1-14(30)29-19-5-3-4-15(11-19)16-6-8-20-17(10-16)12-22(24(20)28-2)25(31)21-9-7-18(26)13-23(21)27/h3-11,13,28H,12H2,1-2H3,(H,29,30). The maximum absolute atomic E-state index is 13.3. The Morgan fingerprint density at radius 1 is 0.935 bits per heavy atom. The van der Waals surface area contributed by atoms with E-state index < -0.39 is 0 Å². The zero-order valence-electron chi connectivity index (χ0n) is 17.1. The number of carbonyl (C=O) groups is 2. The summed E-state index contributed by atoms with van der Waals surface area (Å²) in [5.74, 6) is -0.227. The molecule has 0 radical (unpaired) electrons. The second-order valence-corrected chi connectivity index (χ2v) is 8.21. The molecular formula is C25H20Cl2N2O2. The second kappa shape index (κ2) is 8.58. The van der Waals surface area contributed by atoms with E-state index in [0.29, 0.717) is 27.6 Å². The number of allylic oxidation sites excluding steroid dienone is 1. The van der Waals surface area contributed by atoms with E-state index in [1.54, 1.807) is 18.2 Å². The lowest BCUT2D eigenvalue weighted by Crippen LogP contribution is -2.11. The van der Waals surface area contributed by atoms with Crippen LogP contribution in [0.5, 0.6) is 0 Å². The van der Waals surface area contributed by atoms with Crippen molar-refractivity contribution in [2.24, 2.45) is 0 Å². The first kappa shape index (κ1) is 21.2. The highest BCUT2D eigenvalue weighted by atomic mass is 35.5. The first-order valence-electron chi connectivity index (χ1n) is 9.79. The van der Waals surface area contributed by atoms with Gasteiger partial charge in [0.05, 0.1) is 5.02 Å². The normalized spacial score (nSPS) is 12.5. The molecule has 1 amide bonds. The van der Waals surface area contributed by atoms with E-state index in [1.165, 1.54) is 6.92 Å². The van der Waals surface area contributed by atoms with Gasteiger partial charge in [-0.3, -0.25) is 9.59 Å². The fraction of sp³-hybridized carbons (Fsp3) is 0.120. The summed E-state index contributed by atoms with van der Waals surface area (Å²) in [5, 5.41) is 6.82. The largest absolute Gasteiger partial charge is 0.387 e. The van der Waals surface area contributed by atoms with E-state index in [4.69, 9.17) is 23.2 Å². The number of hydrogen-bond donors (Lipinski definition) is 2. The molecule has 0 aromatic heterocycles. The summed E-state index contributed by atoms with van der Waals surface area (Å²) in [7, 11) is 1.81. The molecule has 0 spiro atoms. The lowest BCUT2D eigenvalue weighted by atomic mass is 9.98. The molecule has 3 aromatic carbocycles. The number of benzene rings is 3. The van der Waals surface area contributed by atoms with Gasteiger partial charge in [-0.15, -0.1) is 0 Å². The fourth-order valence-electron chi connectivity index (χ4n) is 3.90. The first-order chi connectivity index (χ1) is 14.9. The van der Waals surface area contributed by atoms with Crippen molar-refractivity contribution >= 4 is 46.3 Å². The summed E-state index contributed by atoms with van der Waals surface area (Å²) in [6, 6.07) is 18.7. The van der Waals surface area contributed by atoms with Crippen LogP contribution in [-0.4, -0.2) is 18.7 Å². The van der Waals surface area contributed by atoms with Gasteiger partial charge >= 0.3 is 0 Å². The van der Waals surface area contributed by atoms with Crippen LogP contribution < -0.4 is 10.6 Å². The molecule has 31 heavy (non-hydrogen) atoms. The first-order valence-corrected chi connectivity index (χ1v) is 10.5. The van der Waals surface area contributed by atoms with Crippen LogP contribution in [0.1, 0.15) is 28.4 Å². The van der Waals surface area contributed by atoms with Crippen molar-refractivity contribution in [3.8, 4) is 11.1 Å². The highest BCUT2D eigenvalue weighted by Gasteiger charge is 2.27. The third-order valence-electron chi connectivity index (χ3n) is 5.26. The van der Waals surface area contributed by atoms with Gasteiger partial charge < -0.3 is 10.6 Å². The molecule has 0 atom stereocenters. The molecular weight excluding hydrogens is 431 g/mol. The Labute approximate surface area is 190 Å². The van der Waals surface area contributed by atoms with E-state index in [1.807, 2.05) is 43.4 Å².